The van der Waals surface area contributed by atoms with Gasteiger partial charge in [-0.3, -0.25) is 4.79 Å². The molecule has 0 bridgehead atoms. The Bertz CT molecular complexity index is 516. The minimum atomic E-state index is -0.924. The van der Waals surface area contributed by atoms with Crippen LogP contribution in [0, 0.1) is 0 Å². The summed E-state index contributed by atoms with van der Waals surface area (Å²) in [5.41, 5.74) is 2.06. The fourth-order valence-electron chi connectivity index (χ4n) is 2.06. The Labute approximate surface area is 109 Å². The second-order valence-electron chi connectivity index (χ2n) is 4.37. The van der Waals surface area contributed by atoms with Gasteiger partial charge in [-0.25, -0.2) is 4.79 Å². The van der Waals surface area contributed by atoms with E-state index in [0.29, 0.717) is 11.4 Å². The Hall–Kier alpha value is -1.62. The maximum Gasteiger partial charge on any atom is 0.345 e. The van der Waals surface area contributed by atoms with E-state index in [1.165, 1.54) is 16.9 Å². The number of nitrogens with one attached hydrogen (secondary N) is 1. The van der Waals surface area contributed by atoms with Crippen molar-refractivity contribution < 1.29 is 14.7 Å². The van der Waals surface area contributed by atoms with Gasteiger partial charge in [0.15, 0.2) is 0 Å². The molecule has 0 aromatic carbocycles. The molecule has 18 heavy (non-hydrogen) atoms. The normalized spacial score (nSPS) is 14.9. The smallest absolute Gasteiger partial charge is 0.345 e. The second kappa shape index (κ2) is 5.35. The molecule has 0 unspecified atom stereocenters. The molecule has 0 saturated heterocycles. The molecule has 1 amide bonds. The average Bonchev–Trinajstić information content (AvgIpc) is 2.94. The predicted octanol–water partition coefficient (Wildman–Crippen LogP) is 2.56. The van der Waals surface area contributed by atoms with Gasteiger partial charge in [-0.2, -0.15) is 0 Å². The largest absolute Gasteiger partial charge is 0.477 e. The van der Waals surface area contributed by atoms with Crippen molar-refractivity contribution in [2.75, 3.05) is 0 Å². The van der Waals surface area contributed by atoms with Crippen molar-refractivity contribution in [3.63, 3.8) is 0 Å². The van der Waals surface area contributed by atoms with Crippen LogP contribution in [0.15, 0.2) is 23.3 Å². The third kappa shape index (κ3) is 2.79. The van der Waals surface area contributed by atoms with E-state index >= 15 is 0 Å². The van der Waals surface area contributed by atoms with E-state index in [2.05, 4.69) is 5.32 Å². The molecular weight excluding hydrogens is 250 g/mol. The Morgan fingerprint density at radius 2 is 2.17 bits per heavy atom. The number of carbonyl (C=O) groups excluding carboxylic acids is 1. The van der Waals surface area contributed by atoms with Gasteiger partial charge in [-0.15, -0.1) is 11.3 Å². The van der Waals surface area contributed by atoms with E-state index in [1.807, 2.05) is 6.92 Å². The van der Waals surface area contributed by atoms with Crippen LogP contribution in [0.5, 0.6) is 0 Å². The van der Waals surface area contributed by atoms with Gasteiger partial charge in [-0.1, -0.05) is 5.57 Å². The topological polar surface area (TPSA) is 66.4 Å². The van der Waals surface area contributed by atoms with Crippen LogP contribution in [-0.4, -0.2) is 17.0 Å². The van der Waals surface area contributed by atoms with E-state index < -0.39 is 5.97 Å². The SMILES string of the molecule is CC1=C(C(=O)NCc2ccc(C(=O)O)s2)CCC1. The third-order valence-corrected chi connectivity index (χ3v) is 4.14. The molecule has 1 aliphatic rings. The first kappa shape index (κ1) is 12.8. The number of thiophene rings is 1. The molecule has 0 saturated carbocycles. The lowest BCUT2D eigenvalue weighted by Crippen LogP contribution is -2.23. The zero-order valence-corrected chi connectivity index (χ0v) is 11.0. The number of carboxylic acids is 1. The van der Waals surface area contributed by atoms with Crippen molar-refractivity contribution in [3.8, 4) is 0 Å². The van der Waals surface area contributed by atoms with Crippen molar-refractivity contribution in [1.29, 1.82) is 0 Å². The monoisotopic (exact) mass is 265 g/mol. The molecule has 1 heterocycles. The van der Waals surface area contributed by atoms with Crippen LogP contribution in [0.25, 0.3) is 0 Å². The van der Waals surface area contributed by atoms with Crippen LogP contribution in [0.2, 0.25) is 0 Å². The van der Waals surface area contributed by atoms with Crippen molar-refractivity contribution >= 4 is 23.2 Å². The van der Waals surface area contributed by atoms with Gasteiger partial charge in [0.2, 0.25) is 5.91 Å². The lowest BCUT2D eigenvalue weighted by Gasteiger charge is -2.05. The second-order valence-corrected chi connectivity index (χ2v) is 5.53. The van der Waals surface area contributed by atoms with Gasteiger partial charge >= 0.3 is 5.97 Å². The molecule has 0 fully saturated rings. The Morgan fingerprint density at radius 1 is 1.39 bits per heavy atom. The van der Waals surface area contributed by atoms with E-state index in [9.17, 15) is 9.59 Å². The summed E-state index contributed by atoms with van der Waals surface area (Å²) >= 11 is 1.20. The van der Waals surface area contributed by atoms with Crippen molar-refractivity contribution in [1.82, 2.24) is 5.32 Å². The van der Waals surface area contributed by atoms with Gasteiger partial charge in [-0.05, 0) is 38.3 Å². The number of aromatic carboxylic acids is 1. The first-order valence-corrected chi connectivity index (χ1v) is 6.68. The van der Waals surface area contributed by atoms with Gasteiger partial charge < -0.3 is 10.4 Å². The molecule has 4 nitrogen and oxygen atoms in total. The number of amides is 1. The fourth-order valence-corrected chi connectivity index (χ4v) is 2.85. The summed E-state index contributed by atoms with van der Waals surface area (Å²) in [4.78, 5) is 23.8. The Kier molecular flexibility index (Phi) is 3.81. The molecule has 96 valence electrons. The summed E-state index contributed by atoms with van der Waals surface area (Å²) in [6.45, 7) is 2.39. The zero-order valence-electron chi connectivity index (χ0n) is 10.2. The lowest BCUT2D eigenvalue weighted by molar-refractivity contribution is -0.117. The summed E-state index contributed by atoms with van der Waals surface area (Å²) in [5.74, 6) is -0.942. The highest BCUT2D eigenvalue weighted by molar-refractivity contribution is 7.13. The maximum atomic E-state index is 11.9. The number of hydrogen-bond donors (Lipinski definition) is 2. The maximum absolute atomic E-state index is 11.9. The molecule has 5 heteroatoms. The molecular formula is C13H15NO3S. The first-order valence-electron chi connectivity index (χ1n) is 5.87. The molecule has 0 spiro atoms. The zero-order chi connectivity index (χ0) is 13.1. The molecule has 1 aromatic heterocycles. The minimum absolute atomic E-state index is 0.0183. The van der Waals surface area contributed by atoms with Crippen LogP contribution < -0.4 is 5.32 Å². The summed E-state index contributed by atoms with van der Waals surface area (Å²) in [6.07, 6.45) is 2.91. The van der Waals surface area contributed by atoms with Crippen LogP contribution in [0.1, 0.15) is 40.7 Å². The summed E-state index contributed by atoms with van der Waals surface area (Å²) in [6, 6.07) is 3.30. The van der Waals surface area contributed by atoms with Gasteiger partial charge in [0, 0.05) is 10.5 Å². The highest BCUT2D eigenvalue weighted by Gasteiger charge is 2.17. The first-order chi connectivity index (χ1) is 8.58. The van der Waals surface area contributed by atoms with E-state index in [1.54, 1.807) is 12.1 Å². The van der Waals surface area contributed by atoms with Crippen LogP contribution >= 0.6 is 11.3 Å². The number of hydrogen-bond acceptors (Lipinski definition) is 3. The molecule has 2 rings (SSSR count). The highest BCUT2D eigenvalue weighted by Crippen LogP contribution is 2.25. The molecule has 1 aromatic rings. The molecule has 0 aliphatic heterocycles. The van der Waals surface area contributed by atoms with Gasteiger partial charge in [0.05, 0.1) is 6.54 Å². The quantitative estimate of drug-likeness (QED) is 0.879. The minimum Gasteiger partial charge on any atom is -0.477 e. The van der Waals surface area contributed by atoms with Gasteiger partial charge in [0.25, 0.3) is 0 Å². The van der Waals surface area contributed by atoms with Crippen LogP contribution in [-0.2, 0) is 11.3 Å². The summed E-state index contributed by atoms with van der Waals surface area (Å²) in [7, 11) is 0. The van der Waals surface area contributed by atoms with E-state index in [0.717, 1.165) is 29.7 Å². The van der Waals surface area contributed by atoms with Crippen molar-refractivity contribution in [2.45, 2.75) is 32.7 Å². The predicted molar refractivity (Wildman–Crippen MR) is 69.7 cm³/mol. The van der Waals surface area contributed by atoms with E-state index in [4.69, 9.17) is 5.11 Å². The van der Waals surface area contributed by atoms with E-state index in [-0.39, 0.29) is 5.91 Å². The number of rotatable bonds is 4. The lowest BCUT2D eigenvalue weighted by atomic mass is 10.1. The third-order valence-electron chi connectivity index (χ3n) is 3.06. The average molecular weight is 265 g/mol. The molecule has 1 aliphatic carbocycles. The van der Waals surface area contributed by atoms with Crippen LogP contribution in [0.4, 0.5) is 0 Å². The molecule has 0 radical (unpaired) electrons. The number of carboxylic acid groups (broad SMARTS) is 1. The van der Waals surface area contributed by atoms with Crippen LogP contribution in [0.3, 0.4) is 0 Å². The Balaban J connectivity index is 1.93. The summed E-state index contributed by atoms with van der Waals surface area (Å²) in [5, 5.41) is 11.6. The van der Waals surface area contributed by atoms with Gasteiger partial charge in [0.1, 0.15) is 4.88 Å². The molecule has 0 atom stereocenters. The Morgan fingerprint density at radius 3 is 2.72 bits per heavy atom. The standard InChI is InChI=1S/C13H15NO3S/c1-8-3-2-4-10(8)12(15)14-7-9-5-6-11(18-9)13(16)17/h5-6H,2-4,7H2,1H3,(H,14,15)(H,16,17). The number of carbonyl (C=O) groups is 2. The molecule has 2 N–H and O–H groups in total. The highest BCUT2D eigenvalue weighted by atomic mass is 32.1. The fraction of sp³-hybridized carbons (Fsp3) is 0.385. The summed E-state index contributed by atoms with van der Waals surface area (Å²) < 4.78 is 0. The number of allylic oxidation sites excluding steroid dienone is 1. The van der Waals surface area contributed by atoms with Crippen molar-refractivity contribution in [2.24, 2.45) is 0 Å². The van der Waals surface area contributed by atoms with Crippen molar-refractivity contribution in [3.05, 3.63) is 33.0 Å².